The van der Waals surface area contributed by atoms with Crippen LogP contribution in [-0.4, -0.2) is 54.4 Å². The fraction of sp³-hybridized carbons (Fsp3) is 0.222. The van der Waals surface area contributed by atoms with Crippen molar-refractivity contribution < 1.29 is 19.2 Å². The van der Waals surface area contributed by atoms with Crippen LogP contribution >= 0.6 is 0 Å². The molecule has 1 aliphatic carbocycles. The van der Waals surface area contributed by atoms with Crippen LogP contribution in [0.2, 0.25) is 0 Å². The van der Waals surface area contributed by atoms with Gasteiger partial charge >= 0.3 is 0 Å². The number of para-hydroxylation sites is 2. The van der Waals surface area contributed by atoms with Gasteiger partial charge in [0, 0.05) is 17.9 Å². The summed E-state index contributed by atoms with van der Waals surface area (Å²) in [6, 6.07) is 11.5. The van der Waals surface area contributed by atoms with Crippen molar-refractivity contribution in [2.24, 2.45) is 0 Å². The molecule has 4 amide bonds. The van der Waals surface area contributed by atoms with E-state index in [1.807, 2.05) is 30.5 Å². The number of fused-ring (bicyclic) bond motifs is 2. The lowest BCUT2D eigenvalue weighted by atomic mass is 10.0. The Bertz CT molecular complexity index is 1690. The highest BCUT2D eigenvalue weighted by molar-refractivity contribution is 6.23. The quantitative estimate of drug-likeness (QED) is 0.393. The van der Waals surface area contributed by atoms with E-state index in [1.54, 1.807) is 29.2 Å². The summed E-state index contributed by atoms with van der Waals surface area (Å²) in [6.45, 7) is 0. The molecule has 11 heteroatoms. The molecular formula is C27H21N7O4. The SMILES string of the molecule is O=C1CCC(N2C(=O)c3ccc(Nn4cc(-c5cnc6ccccc6n5)c(C5CC5)n4)cc3C2=O)C(=O)N1. The Morgan fingerprint density at radius 3 is 2.47 bits per heavy atom. The zero-order valence-corrected chi connectivity index (χ0v) is 20.0. The number of imide groups is 2. The summed E-state index contributed by atoms with van der Waals surface area (Å²) in [6.07, 6.45) is 5.89. The number of amides is 4. The lowest BCUT2D eigenvalue weighted by Crippen LogP contribution is -2.54. The Morgan fingerprint density at radius 2 is 1.68 bits per heavy atom. The number of aromatic nitrogens is 4. The van der Waals surface area contributed by atoms with Crippen molar-refractivity contribution in [1.82, 2.24) is 30.1 Å². The topological polar surface area (TPSA) is 139 Å². The minimum absolute atomic E-state index is 0.0726. The molecule has 3 aliphatic rings. The monoisotopic (exact) mass is 507 g/mol. The molecule has 2 aromatic heterocycles. The van der Waals surface area contributed by atoms with E-state index in [0.29, 0.717) is 11.6 Å². The molecule has 1 saturated heterocycles. The minimum Gasteiger partial charge on any atom is -0.295 e. The number of hydrogen-bond donors (Lipinski definition) is 2. The molecule has 1 unspecified atom stereocenters. The molecule has 2 fully saturated rings. The molecule has 1 saturated carbocycles. The van der Waals surface area contributed by atoms with Gasteiger partial charge in [-0.1, -0.05) is 12.1 Å². The Kier molecular flexibility index (Phi) is 4.87. The van der Waals surface area contributed by atoms with Gasteiger partial charge in [0.05, 0.1) is 51.6 Å². The van der Waals surface area contributed by atoms with Gasteiger partial charge < -0.3 is 0 Å². The molecule has 1 atom stereocenters. The van der Waals surface area contributed by atoms with Gasteiger partial charge in [0.1, 0.15) is 6.04 Å². The highest BCUT2D eigenvalue weighted by atomic mass is 16.2. The van der Waals surface area contributed by atoms with Crippen molar-refractivity contribution in [1.29, 1.82) is 0 Å². The third kappa shape index (κ3) is 3.62. The smallest absolute Gasteiger partial charge is 0.262 e. The average Bonchev–Trinajstić information content (AvgIpc) is 3.64. The van der Waals surface area contributed by atoms with E-state index in [1.165, 1.54) is 0 Å². The van der Waals surface area contributed by atoms with E-state index >= 15 is 0 Å². The lowest BCUT2D eigenvalue weighted by molar-refractivity contribution is -0.136. The van der Waals surface area contributed by atoms with E-state index in [0.717, 1.165) is 45.7 Å². The van der Waals surface area contributed by atoms with Crippen molar-refractivity contribution in [2.45, 2.75) is 37.6 Å². The van der Waals surface area contributed by atoms with Gasteiger partial charge in [-0.3, -0.25) is 39.8 Å². The van der Waals surface area contributed by atoms with Crippen LogP contribution in [0.4, 0.5) is 5.69 Å². The van der Waals surface area contributed by atoms with Crippen LogP contribution in [0.5, 0.6) is 0 Å². The zero-order chi connectivity index (χ0) is 26.0. The van der Waals surface area contributed by atoms with Gasteiger partial charge in [0.2, 0.25) is 11.8 Å². The standard InChI is InChI=1S/C27H21N7O4/c35-23-10-9-22(25(36)30-23)34-26(37)16-8-7-15(11-17(16)27(34)38)31-33-13-18(24(32-33)14-5-6-14)21-12-28-19-3-1-2-4-20(19)29-21/h1-4,7-8,11-14,22,31H,5-6,9-10H2,(H,30,35,36). The van der Waals surface area contributed by atoms with Crippen LogP contribution in [0.25, 0.3) is 22.3 Å². The molecule has 2 aromatic carbocycles. The molecule has 0 spiro atoms. The Labute approximate surface area is 215 Å². The number of nitrogens with one attached hydrogen (secondary N) is 2. The second-order valence-corrected chi connectivity index (χ2v) is 9.71. The minimum atomic E-state index is -1.01. The maximum absolute atomic E-state index is 13.2. The number of anilines is 1. The number of rotatable bonds is 5. The average molecular weight is 508 g/mol. The fourth-order valence-electron chi connectivity index (χ4n) is 5.06. The Balaban J connectivity index is 1.18. The number of carbonyl (C=O) groups is 4. The third-order valence-electron chi connectivity index (χ3n) is 7.11. The van der Waals surface area contributed by atoms with E-state index < -0.39 is 29.7 Å². The van der Waals surface area contributed by atoms with E-state index in [2.05, 4.69) is 15.7 Å². The molecule has 7 rings (SSSR count). The lowest BCUT2D eigenvalue weighted by Gasteiger charge is -2.27. The van der Waals surface area contributed by atoms with Gasteiger partial charge in [-0.15, -0.1) is 0 Å². The van der Waals surface area contributed by atoms with Gasteiger partial charge in [-0.25, -0.2) is 4.98 Å². The van der Waals surface area contributed by atoms with Crippen molar-refractivity contribution in [3.8, 4) is 11.3 Å². The summed E-state index contributed by atoms with van der Waals surface area (Å²) in [5.41, 5.74) is 8.31. The van der Waals surface area contributed by atoms with Crippen LogP contribution in [0.15, 0.2) is 54.9 Å². The fourth-order valence-corrected chi connectivity index (χ4v) is 5.06. The number of piperidine rings is 1. The first kappa shape index (κ1) is 22.3. The van der Waals surface area contributed by atoms with E-state index in [-0.39, 0.29) is 24.0 Å². The second kappa shape index (κ2) is 8.30. The molecule has 0 radical (unpaired) electrons. The van der Waals surface area contributed by atoms with Gasteiger partial charge in [0.15, 0.2) is 0 Å². The summed E-state index contributed by atoms with van der Waals surface area (Å²) in [5, 5.41) is 6.95. The summed E-state index contributed by atoms with van der Waals surface area (Å²) in [7, 11) is 0. The van der Waals surface area contributed by atoms with Crippen molar-refractivity contribution in [2.75, 3.05) is 5.43 Å². The molecule has 2 N–H and O–H groups in total. The molecule has 38 heavy (non-hydrogen) atoms. The van der Waals surface area contributed by atoms with Crippen molar-refractivity contribution in [3.05, 3.63) is 71.7 Å². The summed E-state index contributed by atoms with van der Waals surface area (Å²) >= 11 is 0. The third-order valence-corrected chi connectivity index (χ3v) is 7.11. The zero-order valence-electron chi connectivity index (χ0n) is 20.0. The number of carbonyl (C=O) groups excluding carboxylic acids is 4. The highest BCUT2D eigenvalue weighted by Crippen LogP contribution is 2.43. The molecule has 4 heterocycles. The maximum atomic E-state index is 13.2. The van der Waals surface area contributed by atoms with Crippen LogP contribution in [-0.2, 0) is 9.59 Å². The normalized spacial score (nSPS) is 19.2. The summed E-state index contributed by atoms with van der Waals surface area (Å²) < 4.78 is 0. The van der Waals surface area contributed by atoms with E-state index in [9.17, 15) is 19.2 Å². The van der Waals surface area contributed by atoms with Crippen LogP contribution in [0.1, 0.15) is 58.0 Å². The number of benzene rings is 2. The first-order valence-electron chi connectivity index (χ1n) is 12.4. The van der Waals surface area contributed by atoms with E-state index in [4.69, 9.17) is 10.1 Å². The first-order valence-corrected chi connectivity index (χ1v) is 12.4. The van der Waals surface area contributed by atoms with Crippen LogP contribution in [0, 0.1) is 0 Å². The molecule has 11 nitrogen and oxygen atoms in total. The largest absolute Gasteiger partial charge is 0.295 e. The number of hydrogen-bond acceptors (Lipinski definition) is 8. The number of nitrogens with zero attached hydrogens (tertiary/aromatic N) is 5. The Hall–Kier alpha value is -4.93. The summed E-state index contributed by atoms with van der Waals surface area (Å²) in [5.74, 6) is -1.80. The highest BCUT2D eigenvalue weighted by Gasteiger charge is 2.44. The van der Waals surface area contributed by atoms with Crippen LogP contribution in [0.3, 0.4) is 0 Å². The molecule has 188 valence electrons. The Morgan fingerprint density at radius 1 is 0.895 bits per heavy atom. The predicted octanol–water partition coefficient (Wildman–Crippen LogP) is 2.65. The van der Waals surface area contributed by atoms with Crippen molar-refractivity contribution in [3.63, 3.8) is 0 Å². The predicted molar refractivity (Wildman–Crippen MR) is 135 cm³/mol. The summed E-state index contributed by atoms with van der Waals surface area (Å²) in [4.78, 5) is 61.8. The molecule has 2 aliphatic heterocycles. The maximum Gasteiger partial charge on any atom is 0.262 e. The van der Waals surface area contributed by atoms with Gasteiger partial charge in [0.25, 0.3) is 11.8 Å². The van der Waals surface area contributed by atoms with Crippen molar-refractivity contribution >= 4 is 40.3 Å². The molecular weight excluding hydrogens is 486 g/mol. The molecule has 4 aromatic rings. The van der Waals surface area contributed by atoms with Gasteiger partial charge in [-0.05, 0) is 49.6 Å². The first-order chi connectivity index (χ1) is 18.5. The van der Waals surface area contributed by atoms with Crippen LogP contribution < -0.4 is 10.7 Å². The molecule has 0 bridgehead atoms. The van der Waals surface area contributed by atoms with Gasteiger partial charge in [-0.2, -0.15) is 9.89 Å². The second-order valence-electron chi connectivity index (χ2n) is 9.71.